The van der Waals surface area contributed by atoms with Crippen LogP contribution in [0.25, 0.3) is 0 Å². The van der Waals surface area contributed by atoms with E-state index in [1.165, 1.54) is 7.11 Å². The summed E-state index contributed by atoms with van der Waals surface area (Å²) < 4.78 is 4.66. The van der Waals surface area contributed by atoms with E-state index in [4.69, 9.17) is 0 Å². The van der Waals surface area contributed by atoms with Gasteiger partial charge in [-0.25, -0.2) is 4.79 Å². The summed E-state index contributed by atoms with van der Waals surface area (Å²) in [5.74, 6) is 0.555. The first-order chi connectivity index (χ1) is 10.1. The molecule has 108 valence electrons. The molecule has 3 nitrogen and oxygen atoms in total. The molecular weight excluding hydrogens is 284 g/mol. The molecule has 0 aliphatic carbocycles. The molecule has 0 aromatic heterocycles. The van der Waals surface area contributed by atoms with Crippen molar-refractivity contribution in [2.45, 2.75) is 17.6 Å². The highest BCUT2D eigenvalue weighted by Crippen LogP contribution is 2.23. The summed E-state index contributed by atoms with van der Waals surface area (Å²) in [6.45, 7) is 1.56. The number of methoxy groups -OCH3 is 1. The van der Waals surface area contributed by atoms with Crippen molar-refractivity contribution < 1.29 is 14.3 Å². The molecule has 2 aromatic carbocycles. The third-order valence-corrected chi connectivity index (χ3v) is 4.12. The summed E-state index contributed by atoms with van der Waals surface area (Å²) in [5, 5.41) is 0. The van der Waals surface area contributed by atoms with E-state index in [1.807, 2.05) is 36.4 Å². The maximum Gasteiger partial charge on any atom is 0.337 e. The van der Waals surface area contributed by atoms with Gasteiger partial charge in [-0.2, -0.15) is 0 Å². The lowest BCUT2D eigenvalue weighted by Gasteiger charge is -2.04. The lowest BCUT2D eigenvalue weighted by atomic mass is 10.1. The fraction of sp³-hybridized carbons (Fsp3) is 0.176. The number of ether oxygens (including phenoxy) is 1. The molecule has 0 atom stereocenters. The average molecular weight is 300 g/mol. The lowest BCUT2D eigenvalue weighted by molar-refractivity contribution is 0.0600. The quantitative estimate of drug-likeness (QED) is 0.476. The number of carbonyl (C=O) groups excluding carboxylic acids is 2. The predicted molar refractivity (Wildman–Crippen MR) is 83.8 cm³/mol. The van der Waals surface area contributed by atoms with Gasteiger partial charge in [0.15, 0.2) is 5.78 Å². The molecule has 0 amide bonds. The number of benzene rings is 2. The standard InChI is InChI=1S/C17H16O3S/c1-12(18)14-7-9-16(10-8-14)21-11-13-3-5-15(6-4-13)17(19)20-2/h3-10H,11H2,1-2H3. The van der Waals surface area contributed by atoms with Gasteiger partial charge in [0.25, 0.3) is 0 Å². The van der Waals surface area contributed by atoms with Gasteiger partial charge in [0.05, 0.1) is 12.7 Å². The third kappa shape index (κ3) is 4.20. The van der Waals surface area contributed by atoms with Crippen LogP contribution in [0.2, 0.25) is 0 Å². The fourth-order valence-corrected chi connectivity index (χ4v) is 2.66. The highest BCUT2D eigenvalue weighted by Gasteiger charge is 2.05. The molecule has 0 heterocycles. The van der Waals surface area contributed by atoms with E-state index >= 15 is 0 Å². The molecule has 0 fully saturated rings. The van der Waals surface area contributed by atoms with E-state index in [0.29, 0.717) is 5.56 Å². The van der Waals surface area contributed by atoms with E-state index in [2.05, 4.69) is 4.74 Å². The number of hydrogen-bond acceptors (Lipinski definition) is 4. The summed E-state index contributed by atoms with van der Waals surface area (Å²) in [6.07, 6.45) is 0. The van der Waals surface area contributed by atoms with Crippen molar-refractivity contribution >= 4 is 23.5 Å². The van der Waals surface area contributed by atoms with Gasteiger partial charge in [-0.05, 0) is 36.8 Å². The third-order valence-electron chi connectivity index (χ3n) is 3.04. The molecule has 0 saturated carbocycles. The van der Waals surface area contributed by atoms with Crippen LogP contribution in [0.5, 0.6) is 0 Å². The molecule has 2 aromatic rings. The van der Waals surface area contributed by atoms with Gasteiger partial charge in [-0.3, -0.25) is 4.79 Å². The zero-order chi connectivity index (χ0) is 15.2. The number of esters is 1. The summed E-state index contributed by atoms with van der Waals surface area (Å²) >= 11 is 1.69. The number of thioether (sulfide) groups is 1. The number of rotatable bonds is 5. The molecule has 0 bridgehead atoms. The van der Waals surface area contributed by atoms with Crippen LogP contribution in [0.1, 0.15) is 33.2 Å². The van der Waals surface area contributed by atoms with Gasteiger partial charge >= 0.3 is 5.97 Å². The zero-order valence-electron chi connectivity index (χ0n) is 12.0. The van der Waals surface area contributed by atoms with Crippen molar-refractivity contribution in [3.05, 3.63) is 65.2 Å². The van der Waals surface area contributed by atoms with Crippen LogP contribution in [-0.2, 0) is 10.5 Å². The topological polar surface area (TPSA) is 43.4 Å². The van der Waals surface area contributed by atoms with Crippen LogP contribution in [0.3, 0.4) is 0 Å². The molecule has 0 aliphatic heterocycles. The summed E-state index contributed by atoms with van der Waals surface area (Å²) in [5.41, 5.74) is 2.40. The Labute approximate surface area is 128 Å². The second-order valence-electron chi connectivity index (χ2n) is 4.56. The monoisotopic (exact) mass is 300 g/mol. The Morgan fingerprint density at radius 2 is 1.52 bits per heavy atom. The molecule has 0 unspecified atom stereocenters. The first kappa shape index (κ1) is 15.3. The van der Waals surface area contributed by atoms with Crippen molar-refractivity contribution in [1.29, 1.82) is 0 Å². The Morgan fingerprint density at radius 3 is 2.05 bits per heavy atom. The fourth-order valence-electron chi connectivity index (χ4n) is 1.81. The Balaban J connectivity index is 1.96. The second kappa shape index (κ2) is 7.09. The number of hydrogen-bond donors (Lipinski definition) is 0. The second-order valence-corrected chi connectivity index (χ2v) is 5.61. The Hall–Kier alpha value is -2.07. The Morgan fingerprint density at radius 1 is 0.952 bits per heavy atom. The molecule has 2 rings (SSSR count). The molecule has 4 heteroatoms. The van der Waals surface area contributed by atoms with E-state index < -0.39 is 0 Å². The maximum atomic E-state index is 11.3. The highest BCUT2D eigenvalue weighted by molar-refractivity contribution is 7.98. The van der Waals surface area contributed by atoms with Crippen molar-refractivity contribution in [2.24, 2.45) is 0 Å². The van der Waals surface area contributed by atoms with Crippen LogP contribution in [-0.4, -0.2) is 18.9 Å². The minimum atomic E-state index is -0.325. The molecule has 0 radical (unpaired) electrons. The Bertz CT molecular complexity index is 630. The normalized spacial score (nSPS) is 10.2. The van der Waals surface area contributed by atoms with Crippen molar-refractivity contribution in [3.63, 3.8) is 0 Å². The predicted octanol–water partition coefficient (Wildman–Crippen LogP) is 3.97. The summed E-state index contributed by atoms with van der Waals surface area (Å²) in [7, 11) is 1.37. The number of carbonyl (C=O) groups is 2. The smallest absolute Gasteiger partial charge is 0.337 e. The van der Waals surface area contributed by atoms with Gasteiger partial charge in [-0.1, -0.05) is 24.3 Å². The van der Waals surface area contributed by atoms with E-state index in [9.17, 15) is 9.59 Å². The van der Waals surface area contributed by atoms with E-state index in [-0.39, 0.29) is 11.8 Å². The largest absolute Gasteiger partial charge is 0.465 e. The van der Waals surface area contributed by atoms with Crippen molar-refractivity contribution in [2.75, 3.05) is 7.11 Å². The van der Waals surface area contributed by atoms with Crippen LogP contribution in [0.15, 0.2) is 53.4 Å². The summed E-state index contributed by atoms with van der Waals surface area (Å²) in [4.78, 5) is 23.6. The molecular formula is C17H16O3S. The van der Waals surface area contributed by atoms with Crippen molar-refractivity contribution in [1.82, 2.24) is 0 Å². The average Bonchev–Trinajstić information content (AvgIpc) is 2.53. The highest BCUT2D eigenvalue weighted by atomic mass is 32.2. The summed E-state index contributed by atoms with van der Waals surface area (Å²) in [6, 6.07) is 14.9. The van der Waals surface area contributed by atoms with Crippen molar-refractivity contribution in [3.8, 4) is 0 Å². The molecule has 21 heavy (non-hydrogen) atoms. The van der Waals surface area contributed by atoms with Crippen LogP contribution in [0.4, 0.5) is 0 Å². The number of Topliss-reactive ketones (excluding diaryl/α,β-unsaturated/α-hetero) is 1. The lowest BCUT2D eigenvalue weighted by Crippen LogP contribution is -2.00. The number of ketones is 1. The van der Waals surface area contributed by atoms with E-state index in [1.54, 1.807) is 30.8 Å². The van der Waals surface area contributed by atoms with Gasteiger partial charge in [0, 0.05) is 16.2 Å². The SMILES string of the molecule is COC(=O)c1ccc(CSc2ccc(C(C)=O)cc2)cc1. The van der Waals surface area contributed by atoms with Gasteiger partial charge in [-0.15, -0.1) is 11.8 Å². The molecule has 0 aliphatic rings. The Kier molecular flexibility index (Phi) is 5.17. The molecule has 0 spiro atoms. The zero-order valence-corrected chi connectivity index (χ0v) is 12.8. The van der Waals surface area contributed by atoms with Gasteiger partial charge in [0.2, 0.25) is 0 Å². The minimum Gasteiger partial charge on any atom is -0.465 e. The first-order valence-corrected chi connectivity index (χ1v) is 7.50. The molecule has 0 saturated heterocycles. The minimum absolute atomic E-state index is 0.0740. The van der Waals surface area contributed by atoms with E-state index in [0.717, 1.165) is 21.8 Å². The van der Waals surface area contributed by atoms with Gasteiger partial charge in [0.1, 0.15) is 0 Å². The maximum absolute atomic E-state index is 11.3. The van der Waals surface area contributed by atoms with Crippen LogP contribution < -0.4 is 0 Å². The molecule has 0 N–H and O–H groups in total. The first-order valence-electron chi connectivity index (χ1n) is 6.51. The van der Waals surface area contributed by atoms with Crippen LogP contribution >= 0.6 is 11.8 Å². The van der Waals surface area contributed by atoms with Gasteiger partial charge < -0.3 is 4.74 Å². The van der Waals surface area contributed by atoms with Crippen LogP contribution in [0, 0.1) is 0 Å².